The Hall–Kier alpha value is 0.530. The van der Waals surface area contributed by atoms with Gasteiger partial charge in [-0.25, -0.2) is 8.42 Å². The van der Waals surface area contributed by atoms with Crippen LogP contribution in [0.15, 0.2) is 0 Å². The zero-order valence-corrected chi connectivity index (χ0v) is 8.55. The van der Waals surface area contributed by atoms with Crippen molar-refractivity contribution in [1.29, 1.82) is 0 Å². The lowest BCUT2D eigenvalue weighted by Gasteiger charge is -1.99. The minimum Gasteiger partial charge on any atom is -0.229 e. The van der Waals surface area contributed by atoms with E-state index in [4.69, 9.17) is 23.2 Å². The highest BCUT2D eigenvalue weighted by Crippen LogP contribution is 1.99. The number of hydrogen-bond acceptors (Lipinski definition) is 2. The van der Waals surface area contributed by atoms with E-state index in [1.54, 1.807) is 0 Å². The third-order valence-electron chi connectivity index (χ3n) is 1.23. The third kappa shape index (κ3) is 6.91. The van der Waals surface area contributed by atoms with Gasteiger partial charge in [-0.2, -0.15) is 0 Å². The molecule has 0 bridgehead atoms. The van der Waals surface area contributed by atoms with Gasteiger partial charge >= 0.3 is 0 Å². The Kier molecular flexibility index (Phi) is 6.38. The average molecular weight is 219 g/mol. The summed E-state index contributed by atoms with van der Waals surface area (Å²) in [5, 5.41) is 0. The van der Waals surface area contributed by atoms with E-state index in [0.717, 1.165) is 6.42 Å². The molecule has 0 aromatic rings. The van der Waals surface area contributed by atoms with E-state index in [1.807, 2.05) is 0 Å². The Morgan fingerprint density at radius 2 is 1.55 bits per heavy atom. The van der Waals surface area contributed by atoms with Crippen LogP contribution in [0.1, 0.15) is 12.8 Å². The van der Waals surface area contributed by atoms with E-state index in [9.17, 15) is 8.42 Å². The molecule has 0 atom stereocenters. The van der Waals surface area contributed by atoms with Gasteiger partial charge in [0.05, 0.1) is 11.5 Å². The largest absolute Gasteiger partial charge is 0.229 e. The minimum absolute atomic E-state index is 0.0802. The molecule has 0 spiro atoms. The lowest BCUT2D eigenvalue weighted by Crippen LogP contribution is -2.12. The molecule has 0 saturated carbocycles. The quantitative estimate of drug-likeness (QED) is 0.503. The molecule has 0 aliphatic heterocycles. The molecule has 0 aliphatic rings. The summed E-state index contributed by atoms with van der Waals surface area (Å²) in [7, 11) is -2.89. The molecule has 0 heterocycles. The fourth-order valence-electron chi connectivity index (χ4n) is 0.636. The molecule has 0 rings (SSSR count). The van der Waals surface area contributed by atoms with Crippen molar-refractivity contribution in [2.75, 3.05) is 23.3 Å². The van der Waals surface area contributed by atoms with Crippen molar-refractivity contribution in [3.05, 3.63) is 0 Å². The Morgan fingerprint density at radius 1 is 0.909 bits per heavy atom. The summed E-state index contributed by atoms with van der Waals surface area (Å²) in [5.74, 6) is 1.00. The van der Waals surface area contributed by atoms with Gasteiger partial charge in [0.25, 0.3) is 0 Å². The molecule has 11 heavy (non-hydrogen) atoms. The van der Waals surface area contributed by atoms with Gasteiger partial charge in [0, 0.05) is 11.8 Å². The summed E-state index contributed by atoms with van der Waals surface area (Å²) in [6.45, 7) is 0. The van der Waals surface area contributed by atoms with Crippen LogP contribution in [0, 0.1) is 0 Å². The SMILES string of the molecule is O=S(=O)(CCCl)CCCCCl. The van der Waals surface area contributed by atoms with Crippen LogP contribution in [0.3, 0.4) is 0 Å². The van der Waals surface area contributed by atoms with Crippen LogP contribution in [0.25, 0.3) is 0 Å². The fraction of sp³-hybridized carbons (Fsp3) is 1.00. The van der Waals surface area contributed by atoms with E-state index in [2.05, 4.69) is 0 Å². The van der Waals surface area contributed by atoms with E-state index in [1.165, 1.54) is 0 Å². The van der Waals surface area contributed by atoms with Gasteiger partial charge in [-0.3, -0.25) is 0 Å². The summed E-state index contributed by atoms with van der Waals surface area (Å²) in [6, 6.07) is 0. The molecule has 0 unspecified atom stereocenters. The van der Waals surface area contributed by atoms with Gasteiger partial charge in [-0.1, -0.05) is 0 Å². The Labute approximate surface area is 77.8 Å². The normalized spacial score (nSPS) is 11.8. The van der Waals surface area contributed by atoms with Crippen LogP contribution in [0.5, 0.6) is 0 Å². The highest BCUT2D eigenvalue weighted by molar-refractivity contribution is 7.91. The average Bonchev–Trinajstić information content (AvgIpc) is 1.87. The maximum absolute atomic E-state index is 11.0. The first kappa shape index (κ1) is 11.5. The van der Waals surface area contributed by atoms with Crippen LogP contribution in [-0.4, -0.2) is 31.7 Å². The van der Waals surface area contributed by atoms with Gasteiger partial charge in [0.2, 0.25) is 0 Å². The molecule has 0 fully saturated rings. The maximum atomic E-state index is 11.0. The number of rotatable bonds is 6. The zero-order chi connectivity index (χ0) is 8.74. The van der Waals surface area contributed by atoms with Crippen LogP contribution >= 0.6 is 23.2 Å². The zero-order valence-electron chi connectivity index (χ0n) is 6.22. The van der Waals surface area contributed by atoms with Gasteiger partial charge in [-0.05, 0) is 12.8 Å². The van der Waals surface area contributed by atoms with E-state index < -0.39 is 9.84 Å². The highest BCUT2D eigenvalue weighted by atomic mass is 35.5. The smallest absolute Gasteiger partial charge is 0.151 e. The number of halogens is 2. The number of hydrogen-bond donors (Lipinski definition) is 0. The number of sulfone groups is 1. The number of alkyl halides is 2. The summed E-state index contributed by atoms with van der Waals surface area (Å²) in [6.07, 6.45) is 1.39. The molecule has 0 N–H and O–H groups in total. The Bertz CT molecular complexity index is 177. The standard InChI is InChI=1S/C6H12Cl2O2S/c7-3-1-2-5-11(9,10)6-4-8/h1-6H2. The highest BCUT2D eigenvalue weighted by Gasteiger charge is 2.08. The topological polar surface area (TPSA) is 34.1 Å². The monoisotopic (exact) mass is 218 g/mol. The second-order valence-corrected chi connectivity index (χ2v) is 5.30. The molecule has 0 aromatic heterocycles. The summed E-state index contributed by atoms with van der Waals surface area (Å²) < 4.78 is 22.0. The van der Waals surface area contributed by atoms with Crippen molar-refractivity contribution in [2.24, 2.45) is 0 Å². The molecule has 0 aliphatic carbocycles. The molecule has 2 nitrogen and oxygen atoms in total. The molecular weight excluding hydrogens is 207 g/mol. The molecule has 0 aromatic carbocycles. The second-order valence-electron chi connectivity index (χ2n) is 2.24. The van der Waals surface area contributed by atoms with Crippen LogP contribution in [0.4, 0.5) is 0 Å². The molecule has 5 heteroatoms. The van der Waals surface area contributed by atoms with Crippen molar-refractivity contribution in [3.63, 3.8) is 0 Å². The summed E-state index contributed by atoms with van der Waals surface area (Å²) >= 11 is 10.7. The summed E-state index contributed by atoms with van der Waals surface area (Å²) in [5.41, 5.74) is 0. The van der Waals surface area contributed by atoms with E-state index in [-0.39, 0.29) is 17.4 Å². The van der Waals surface area contributed by atoms with Crippen LogP contribution < -0.4 is 0 Å². The van der Waals surface area contributed by atoms with Crippen molar-refractivity contribution >= 4 is 33.0 Å². The second kappa shape index (κ2) is 6.09. The Morgan fingerprint density at radius 3 is 2.00 bits per heavy atom. The van der Waals surface area contributed by atoms with Gasteiger partial charge in [0.1, 0.15) is 0 Å². The molecule has 0 amide bonds. The van der Waals surface area contributed by atoms with Crippen molar-refractivity contribution < 1.29 is 8.42 Å². The number of unbranched alkanes of at least 4 members (excludes halogenated alkanes) is 1. The first-order chi connectivity index (χ1) is 5.12. The first-order valence-corrected chi connectivity index (χ1v) is 6.34. The predicted molar refractivity (Wildman–Crippen MR) is 49.3 cm³/mol. The lowest BCUT2D eigenvalue weighted by atomic mass is 10.4. The Balaban J connectivity index is 3.56. The van der Waals surface area contributed by atoms with E-state index in [0.29, 0.717) is 12.3 Å². The van der Waals surface area contributed by atoms with Gasteiger partial charge in [0.15, 0.2) is 9.84 Å². The molecule has 0 radical (unpaired) electrons. The van der Waals surface area contributed by atoms with Gasteiger partial charge < -0.3 is 0 Å². The maximum Gasteiger partial charge on any atom is 0.151 e. The fourth-order valence-corrected chi connectivity index (χ4v) is 2.61. The third-order valence-corrected chi connectivity index (χ3v) is 3.64. The van der Waals surface area contributed by atoms with Gasteiger partial charge in [-0.15, -0.1) is 23.2 Å². The minimum atomic E-state index is -2.89. The molecular formula is C6H12Cl2O2S. The van der Waals surface area contributed by atoms with Crippen LogP contribution in [-0.2, 0) is 9.84 Å². The van der Waals surface area contributed by atoms with E-state index >= 15 is 0 Å². The molecule has 68 valence electrons. The first-order valence-electron chi connectivity index (χ1n) is 3.45. The van der Waals surface area contributed by atoms with Crippen LogP contribution in [0.2, 0.25) is 0 Å². The predicted octanol–water partition coefficient (Wildman–Crippen LogP) is 1.66. The lowest BCUT2D eigenvalue weighted by molar-refractivity contribution is 0.594. The van der Waals surface area contributed by atoms with Crippen molar-refractivity contribution in [3.8, 4) is 0 Å². The molecule has 0 saturated heterocycles. The summed E-state index contributed by atoms with van der Waals surface area (Å²) in [4.78, 5) is 0. The van der Waals surface area contributed by atoms with Crippen molar-refractivity contribution in [1.82, 2.24) is 0 Å². The van der Waals surface area contributed by atoms with Crippen molar-refractivity contribution in [2.45, 2.75) is 12.8 Å².